The van der Waals surface area contributed by atoms with E-state index in [0.29, 0.717) is 11.3 Å². The lowest BCUT2D eigenvalue weighted by Crippen LogP contribution is -2.53. The van der Waals surface area contributed by atoms with Crippen molar-refractivity contribution in [1.82, 2.24) is 10.2 Å². The number of carbonyl (C=O) groups is 2. The molecule has 6 heteroatoms. The van der Waals surface area contributed by atoms with E-state index < -0.39 is 11.8 Å². The molecule has 0 bridgehead atoms. The fourth-order valence-corrected chi connectivity index (χ4v) is 2.25. The second kappa shape index (κ2) is 7.38. The zero-order chi connectivity index (χ0) is 16.8. The summed E-state index contributed by atoms with van der Waals surface area (Å²) in [5, 5.41) is 2.55. The van der Waals surface area contributed by atoms with Gasteiger partial charge in [-0.25, -0.2) is 0 Å². The lowest BCUT2D eigenvalue weighted by Gasteiger charge is -2.27. The van der Waals surface area contributed by atoms with Gasteiger partial charge in [-0.1, -0.05) is 30.2 Å². The number of nitrogens with one attached hydrogen (secondary N) is 1. The second-order valence-electron chi connectivity index (χ2n) is 4.55. The molecule has 1 saturated heterocycles. The largest absolute Gasteiger partial charge is 0.480 e. The van der Waals surface area contributed by atoms with Crippen molar-refractivity contribution >= 4 is 35.2 Å². The summed E-state index contributed by atoms with van der Waals surface area (Å²) in [5.74, 6) is 1.83. The maximum Gasteiger partial charge on any atom is 0.265 e. The predicted octanol–water partition coefficient (Wildman–Crippen LogP) is 1.51. The molecule has 2 rings (SSSR count). The van der Waals surface area contributed by atoms with Gasteiger partial charge in [0.05, 0.1) is 0 Å². The normalized spacial score (nSPS) is 16.0. The number of rotatable bonds is 5. The average Bonchev–Trinajstić information content (AvgIpc) is 2.54. The Morgan fingerprint density at radius 3 is 2.83 bits per heavy atom. The van der Waals surface area contributed by atoms with Crippen molar-refractivity contribution < 1.29 is 14.3 Å². The molecule has 1 aromatic carbocycles. The predicted molar refractivity (Wildman–Crippen MR) is 91.4 cm³/mol. The first kappa shape index (κ1) is 16.5. The van der Waals surface area contributed by atoms with E-state index in [-0.39, 0.29) is 23.8 Å². The van der Waals surface area contributed by atoms with Crippen LogP contribution in [0.25, 0.3) is 6.08 Å². The number of nitrogens with zero attached hydrogens (tertiary/aromatic N) is 1. The number of amides is 2. The van der Waals surface area contributed by atoms with Gasteiger partial charge in [0.25, 0.3) is 11.8 Å². The molecule has 0 spiro atoms. The van der Waals surface area contributed by atoms with E-state index in [0.717, 1.165) is 0 Å². The van der Waals surface area contributed by atoms with Gasteiger partial charge in [0.15, 0.2) is 5.11 Å². The molecule has 0 unspecified atom stereocenters. The van der Waals surface area contributed by atoms with Gasteiger partial charge in [0.2, 0.25) is 0 Å². The highest BCUT2D eigenvalue weighted by atomic mass is 32.1. The molecule has 116 valence electrons. The van der Waals surface area contributed by atoms with Crippen LogP contribution >= 0.6 is 12.2 Å². The quantitative estimate of drug-likeness (QED) is 0.293. The van der Waals surface area contributed by atoms with E-state index in [1.54, 1.807) is 24.3 Å². The summed E-state index contributed by atoms with van der Waals surface area (Å²) in [6.45, 7) is 3.88. The van der Waals surface area contributed by atoms with Crippen molar-refractivity contribution in [3.05, 3.63) is 48.1 Å². The molecule has 0 radical (unpaired) electrons. The number of ether oxygens (including phenoxy) is 1. The Bertz CT molecular complexity index is 746. The third-order valence-corrected chi connectivity index (χ3v) is 3.35. The van der Waals surface area contributed by atoms with Gasteiger partial charge in [-0.05, 0) is 24.4 Å². The monoisotopic (exact) mass is 326 g/mol. The van der Waals surface area contributed by atoms with Crippen molar-refractivity contribution in [2.45, 2.75) is 0 Å². The Kier molecular flexibility index (Phi) is 5.28. The lowest BCUT2D eigenvalue weighted by atomic mass is 10.1. The van der Waals surface area contributed by atoms with Crippen LogP contribution in [0.1, 0.15) is 5.56 Å². The highest BCUT2D eigenvalue weighted by Crippen LogP contribution is 2.22. The van der Waals surface area contributed by atoms with Crippen LogP contribution in [0.2, 0.25) is 0 Å². The number of carbonyl (C=O) groups excluding carboxylic acids is 2. The molecule has 2 amide bonds. The minimum Gasteiger partial charge on any atom is -0.480 e. The van der Waals surface area contributed by atoms with Gasteiger partial charge < -0.3 is 4.74 Å². The van der Waals surface area contributed by atoms with Crippen molar-refractivity contribution in [2.75, 3.05) is 13.2 Å². The second-order valence-corrected chi connectivity index (χ2v) is 4.94. The average molecular weight is 326 g/mol. The maximum atomic E-state index is 12.5. The highest BCUT2D eigenvalue weighted by Gasteiger charge is 2.32. The molecular formula is C17H14N2O3S. The first-order valence-corrected chi connectivity index (χ1v) is 7.14. The molecule has 0 saturated carbocycles. The van der Waals surface area contributed by atoms with E-state index in [4.69, 9.17) is 23.4 Å². The standard InChI is InChI=1S/C17H14N2O3S/c1-3-9-19-16(21)13(15(20)18-17(19)23)11-12-7-5-6-8-14(12)22-10-4-2/h2-3,5-8,11H,1,9-10H2,(H,18,20,23)/b13-11-. The van der Waals surface area contributed by atoms with Crippen LogP contribution in [-0.4, -0.2) is 35.0 Å². The zero-order valence-corrected chi connectivity index (χ0v) is 13.1. The number of thiocarbonyl (C=S) groups is 1. The van der Waals surface area contributed by atoms with E-state index in [2.05, 4.69) is 17.8 Å². The highest BCUT2D eigenvalue weighted by molar-refractivity contribution is 7.80. The minimum absolute atomic E-state index is 0.0304. The molecule has 1 fully saturated rings. The van der Waals surface area contributed by atoms with Gasteiger partial charge in [0, 0.05) is 12.1 Å². The van der Waals surface area contributed by atoms with Crippen LogP contribution in [-0.2, 0) is 9.59 Å². The van der Waals surface area contributed by atoms with Crippen LogP contribution < -0.4 is 10.1 Å². The Hall–Kier alpha value is -2.91. The third kappa shape index (κ3) is 3.65. The van der Waals surface area contributed by atoms with Crippen LogP contribution in [0.4, 0.5) is 0 Å². The third-order valence-electron chi connectivity index (χ3n) is 3.03. The zero-order valence-electron chi connectivity index (χ0n) is 12.2. The van der Waals surface area contributed by atoms with E-state index in [1.165, 1.54) is 17.1 Å². The first-order valence-electron chi connectivity index (χ1n) is 6.73. The molecule has 1 N–H and O–H groups in total. The molecule has 1 aliphatic heterocycles. The smallest absolute Gasteiger partial charge is 0.265 e. The Labute approximate surface area is 139 Å². The van der Waals surface area contributed by atoms with Crippen LogP contribution in [0, 0.1) is 12.3 Å². The van der Waals surface area contributed by atoms with E-state index in [1.807, 2.05) is 0 Å². The van der Waals surface area contributed by atoms with Crippen molar-refractivity contribution in [3.8, 4) is 18.1 Å². The Balaban J connectivity index is 2.39. The number of terminal acetylenes is 1. The maximum absolute atomic E-state index is 12.5. The molecule has 1 aliphatic rings. The summed E-state index contributed by atoms with van der Waals surface area (Å²) in [7, 11) is 0. The van der Waals surface area contributed by atoms with Gasteiger partial charge >= 0.3 is 0 Å². The molecule has 1 aromatic rings. The fourth-order valence-electron chi connectivity index (χ4n) is 2.00. The van der Waals surface area contributed by atoms with Crippen molar-refractivity contribution in [3.63, 3.8) is 0 Å². The van der Waals surface area contributed by atoms with Crippen molar-refractivity contribution in [2.24, 2.45) is 0 Å². The molecule has 1 heterocycles. The summed E-state index contributed by atoms with van der Waals surface area (Å²) in [5.41, 5.74) is 0.546. The molecule has 23 heavy (non-hydrogen) atoms. The molecule has 0 atom stereocenters. The fraction of sp³-hybridized carbons (Fsp3) is 0.118. The molecule has 0 aromatic heterocycles. The summed E-state index contributed by atoms with van der Waals surface area (Å²) in [6.07, 6.45) is 8.17. The molecule has 0 aliphatic carbocycles. The summed E-state index contributed by atoms with van der Waals surface area (Å²) >= 11 is 5.00. The van der Waals surface area contributed by atoms with Gasteiger partial charge in [-0.3, -0.25) is 19.8 Å². The Morgan fingerprint density at radius 2 is 2.13 bits per heavy atom. The van der Waals surface area contributed by atoms with Gasteiger partial charge in [-0.2, -0.15) is 0 Å². The van der Waals surface area contributed by atoms with E-state index in [9.17, 15) is 9.59 Å². The molecule has 5 nitrogen and oxygen atoms in total. The van der Waals surface area contributed by atoms with E-state index >= 15 is 0 Å². The van der Waals surface area contributed by atoms with Gasteiger partial charge in [-0.15, -0.1) is 13.0 Å². The summed E-state index contributed by atoms with van der Waals surface area (Å²) in [4.78, 5) is 25.8. The first-order chi connectivity index (χ1) is 11.1. The van der Waals surface area contributed by atoms with Crippen LogP contribution in [0.15, 0.2) is 42.5 Å². The number of benzene rings is 1. The Morgan fingerprint density at radius 1 is 1.39 bits per heavy atom. The summed E-state index contributed by atoms with van der Waals surface area (Å²) < 4.78 is 5.41. The molecular weight excluding hydrogens is 312 g/mol. The SMILES string of the molecule is C#CCOc1ccccc1/C=C1/C(=O)NC(=S)N(CC=C)C1=O. The van der Waals surface area contributed by atoms with Crippen LogP contribution in [0.3, 0.4) is 0 Å². The van der Waals surface area contributed by atoms with Crippen LogP contribution in [0.5, 0.6) is 5.75 Å². The topological polar surface area (TPSA) is 58.6 Å². The van der Waals surface area contributed by atoms with Crippen molar-refractivity contribution in [1.29, 1.82) is 0 Å². The minimum atomic E-state index is -0.549. The number of hydrogen-bond donors (Lipinski definition) is 1. The number of para-hydroxylation sites is 1. The number of hydrogen-bond acceptors (Lipinski definition) is 4. The van der Waals surface area contributed by atoms with Gasteiger partial charge in [0.1, 0.15) is 17.9 Å². The summed E-state index contributed by atoms with van der Waals surface area (Å²) in [6, 6.07) is 6.98. The lowest BCUT2D eigenvalue weighted by molar-refractivity contribution is -0.128.